The van der Waals surface area contributed by atoms with Crippen molar-refractivity contribution in [2.24, 2.45) is 0 Å². The van der Waals surface area contributed by atoms with Gasteiger partial charge in [0, 0.05) is 18.1 Å². The van der Waals surface area contributed by atoms with Gasteiger partial charge in [0.1, 0.15) is 5.75 Å². The van der Waals surface area contributed by atoms with Gasteiger partial charge in [0.05, 0.1) is 6.54 Å². The van der Waals surface area contributed by atoms with Crippen molar-refractivity contribution in [1.82, 2.24) is 4.90 Å². The smallest absolute Gasteiger partial charge is 0.261 e. The first-order chi connectivity index (χ1) is 10.6. The highest BCUT2D eigenvalue weighted by Gasteiger charge is 2.32. The van der Waals surface area contributed by atoms with E-state index in [0.29, 0.717) is 28.5 Å². The summed E-state index contributed by atoms with van der Waals surface area (Å²) in [6, 6.07) is 13.8. The molecule has 0 N–H and O–H groups in total. The van der Waals surface area contributed by atoms with Gasteiger partial charge < -0.3 is 4.74 Å². The Kier molecular flexibility index (Phi) is 3.73. The van der Waals surface area contributed by atoms with E-state index in [1.165, 1.54) is 4.90 Å². The monoisotopic (exact) mass is 311 g/mol. The molecule has 5 heteroatoms. The van der Waals surface area contributed by atoms with Gasteiger partial charge in [0.25, 0.3) is 11.8 Å². The summed E-state index contributed by atoms with van der Waals surface area (Å²) in [5, 5.41) is 0.407. The van der Waals surface area contributed by atoms with Crippen LogP contribution in [0.15, 0.2) is 48.5 Å². The Morgan fingerprint density at radius 2 is 1.82 bits per heavy atom. The Bertz CT molecular complexity index is 768. The summed E-state index contributed by atoms with van der Waals surface area (Å²) in [5.74, 6) is 0.00238. The van der Waals surface area contributed by atoms with E-state index in [1.54, 1.807) is 43.3 Å². The van der Waals surface area contributed by atoms with E-state index in [2.05, 4.69) is 0 Å². The van der Waals surface area contributed by atoms with Crippen LogP contribution in [0, 0.1) is 0 Å². The molecule has 0 unspecified atom stereocenters. The Balaban J connectivity index is 1.81. The molecule has 0 radical (unpaired) electrons. The summed E-state index contributed by atoms with van der Waals surface area (Å²) in [6.07, 6.45) is 0. The first-order valence-corrected chi connectivity index (χ1v) is 7.19. The Morgan fingerprint density at radius 3 is 2.45 bits per heavy atom. The van der Waals surface area contributed by atoms with Gasteiger partial charge in [-0.05, 0) is 48.1 Å². The second-order valence-corrected chi connectivity index (χ2v) is 5.55. The highest BCUT2D eigenvalue weighted by molar-refractivity contribution is 7.80. The molecule has 22 heavy (non-hydrogen) atoms. The maximum absolute atomic E-state index is 12.5. The molecule has 0 aromatic heterocycles. The van der Waals surface area contributed by atoms with Crippen LogP contribution in [0.4, 0.5) is 0 Å². The molecular weight excluding hydrogens is 298 g/mol. The number of hydrogen-bond acceptors (Lipinski definition) is 4. The van der Waals surface area contributed by atoms with Crippen LogP contribution < -0.4 is 4.74 Å². The number of carbonyl (C=O) groups is 2. The second kappa shape index (κ2) is 5.69. The third-order valence-corrected chi connectivity index (χ3v) is 3.51. The minimum Gasteiger partial charge on any atom is -0.451 e. The number of benzene rings is 2. The normalized spacial score (nSPS) is 13.0. The third kappa shape index (κ3) is 2.63. The summed E-state index contributed by atoms with van der Waals surface area (Å²) in [7, 11) is 0. The van der Waals surface area contributed by atoms with Crippen molar-refractivity contribution in [3.05, 3.63) is 65.2 Å². The quantitative estimate of drug-likeness (QED) is 0.631. The lowest BCUT2D eigenvalue weighted by Crippen LogP contribution is -2.31. The van der Waals surface area contributed by atoms with Gasteiger partial charge in [-0.25, -0.2) is 0 Å². The van der Waals surface area contributed by atoms with Gasteiger partial charge in [0.15, 0.2) is 5.05 Å². The highest BCUT2D eigenvalue weighted by atomic mass is 32.1. The first-order valence-electron chi connectivity index (χ1n) is 6.79. The number of ether oxygens (including phenoxy) is 1. The molecule has 0 atom stereocenters. The number of rotatable bonds is 2. The Morgan fingerprint density at radius 1 is 1.14 bits per heavy atom. The van der Waals surface area contributed by atoms with E-state index in [9.17, 15) is 9.59 Å². The first kappa shape index (κ1) is 14.4. The highest BCUT2D eigenvalue weighted by Crippen LogP contribution is 2.24. The summed E-state index contributed by atoms with van der Waals surface area (Å²) < 4.78 is 5.29. The lowest BCUT2D eigenvalue weighted by atomic mass is 10.1. The van der Waals surface area contributed by atoms with Crippen molar-refractivity contribution in [3.63, 3.8) is 0 Å². The molecule has 110 valence electrons. The van der Waals surface area contributed by atoms with E-state index in [1.807, 2.05) is 12.1 Å². The van der Waals surface area contributed by atoms with E-state index in [4.69, 9.17) is 17.0 Å². The van der Waals surface area contributed by atoms with Crippen LogP contribution in [0.5, 0.6) is 5.75 Å². The number of fused-ring (bicyclic) bond motifs is 1. The Labute approximate surface area is 133 Å². The van der Waals surface area contributed by atoms with Crippen molar-refractivity contribution in [1.29, 1.82) is 0 Å². The maximum atomic E-state index is 12.5. The predicted molar refractivity (Wildman–Crippen MR) is 86.0 cm³/mol. The summed E-state index contributed by atoms with van der Waals surface area (Å²) in [6.45, 7) is 1.99. The molecule has 1 heterocycles. The van der Waals surface area contributed by atoms with Crippen molar-refractivity contribution in [2.45, 2.75) is 13.5 Å². The number of nitrogens with zero attached hydrogens (tertiary/aromatic N) is 1. The maximum Gasteiger partial charge on any atom is 0.261 e. The van der Waals surface area contributed by atoms with Gasteiger partial charge in [-0.3, -0.25) is 14.5 Å². The second-order valence-electron chi connectivity index (χ2n) is 4.97. The van der Waals surface area contributed by atoms with Crippen LogP contribution in [0.3, 0.4) is 0 Å². The molecule has 0 fully saturated rings. The fourth-order valence-corrected chi connectivity index (χ4v) is 2.50. The molecular formula is C17H13NO3S. The molecule has 0 saturated carbocycles. The molecule has 2 aromatic rings. The van der Waals surface area contributed by atoms with Gasteiger partial charge >= 0.3 is 0 Å². The molecule has 4 nitrogen and oxygen atoms in total. The molecule has 1 aliphatic heterocycles. The van der Waals surface area contributed by atoms with Gasteiger partial charge in [-0.1, -0.05) is 18.2 Å². The molecule has 0 aliphatic carbocycles. The molecule has 2 aromatic carbocycles. The number of thiocarbonyl (C=S) groups is 1. The van der Waals surface area contributed by atoms with E-state index >= 15 is 0 Å². The van der Waals surface area contributed by atoms with Gasteiger partial charge in [-0.2, -0.15) is 0 Å². The van der Waals surface area contributed by atoms with Crippen LogP contribution in [0.1, 0.15) is 33.2 Å². The Hall–Kier alpha value is -2.53. The molecule has 0 saturated heterocycles. The number of imide groups is 1. The average Bonchev–Trinajstić information content (AvgIpc) is 2.84. The van der Waals surface area contributed by atoms with Crippen LogP contribution >= 0.6 is 12.2 Å². The SMILES string of the molecule is CC(=S)Oc1ccc(C(=O)N2Cc3ccccc3C2=O)cc1. The topological polar surface area (TPSA) is 46.6 Å². The fourth-order valence-electron chi connectivity index (χ4n) is 2.41. The van der Waals surface area contributed by atoms with Crippen LogP contribution in [0.2, 0.25) is 0 Å². The molecule has 2 amide bonds. The molecule has 0 spiro atoms. The minimum atomic E-state index is -0.313. The summed E-state index contributed by atoms with van der Waals surface area (Å²) in [5.41, 5.74) is 1.90. The van der Waals surface area contributed by atoms with E-state index < -0.39 is 0 Å². The van der Waals surface area contributed by atoms with Crippen molar-refractivity contribution < 1.29 is 14.3 Å². The van der Waals surface area contributed by atoms with Crippen LogP contribution in [0.25, 0.3) is 0 Å². The van der Waals surface area contributed by atoms with Crippen LogP contribution in [-0.4, -0.2) is 21.8 Å². The zero-order valence-corrected chi connectivity index (χ0v) is 12.7. The summed E-state index contributed by atoms with van der Waals surface area (Å²) >= 11 is 4.86. The van der Waals surface area contributed by atoms with Gasteiger partial charge in [-0.15, -0.1) is 0 Å². The number of amides is 2. The lowest BCUT2D eigenvalue weighted by Gasteiger charge is -2.14. The zero-order chi connectivity index (χ0) is 15.7. The van der Waals surface area contributed by atoms with Crippen molar-refractivity contribution in [3.8, 4) is 5.75 Å². The average molecular weight is 311 g/mol. The van der Waals surface area contributed by atoms with Crippen LogP contribution in [-0.2, 0) is 6.54 Å². The van der Waals surface area contributed by atoms with Crippen molar-refractivity contribution >= 4 is 29.1 Å². The third-order valence-electron chi connectivity index (χ3n) is 3.43. The molecule has 1 aliphatic rings. The molecule has 0 bridgehead atoms. The lowest BCUT2D eigenvalue weighted by molar-refractivity contribution is 0.0631. The fraction of sp³-hybridized carbons (Fsp3) is 0.118. The number of hydrogen-bond donors (Lipinski definition) is 0. The largest absolute Gasteiger partial charge is 0.451 e. The number of carbonyl (C=O) groups excluding carboxylic acids is 2. The van der Waals surface area contributed by atoms with E-state index in [0.717, 1.165) is 5.56 Å². The minimum absolute atomic E-state index is 0.254. The van der Waals surface area contributed by atoms with Gasteiger partial charge in [0.2, 0.25) is 0 Å². The summed E-state index contributed by atoms with van der Waals surface area (Å²) in [4.78, 5) is 26.0. The molecule has 3 rings (SSSR count). The van der Waals surface area contributed by atoms with Crippen molar-refractivity contribution in [2.75, 3.05) is 0 Å². The standard InChI is InChI=1S/C17H13NO3S/c1-11(22)21-14-8-6-12(7-9-14)16(19)18-10-13-4-2-3-5-15(13)17(18)20/h2-9H,10H2,1H3. The van der Waals surface area contributed by atoms with E-state index in [-0.39, 0.29) is 11.8 Å². The predicted octanol–water partition coefficient (Wildman–Crippen LogP) is 3.21. The zero-order valence-electron chi connectivity index (χ0n) is 11.9.